The summed E-state index contributed by atoms with van der Waals surface area (Å²) in [6, 6.07) is 8.78. The molecule has 1 fully saturated rings. The fourth-order valence-electron chi connectivity index (χ4n) is 2.86. The predicted octanol–water partition coefficient (Wildman–Crippen LogP) is 2.68. The molecule has 1 aromatic carbocycles. The van der Waals surface area contributed by atoms with E-state index in [-0.39, 0.29) is 12.0 Å². The van der Waals surface area contributed by atoms with Crippen molar-refractivity contribution in [2.45, 2.75) is 31.8 Å². The van der Waals surface area contributed by atoms with Crippen LogP contribution in [0.25, 0.3) is 5.70 Å². The summed E-state index contributed by atoms with van der Waals surface area (Å²) >= 11 is 2.06. The van der Waals surface area contributed by atoms with Crippen molar-refractivity contribution in [1.29, 1.82) is 0 Å². The highest BCUT2D eigenvalue weighted by Crippen LogP contribution is 2.32. The molecular weight excluding hydrogens is 296 g/mol. The molecule has 0 bridgehead atoms. The molecule has 0 aromatic heterocycles. The van der Waals surface area contributed by atoms with E-state index in [4.69, 9.17) is 4.84 Å². The Kier molecular flexibility index (Phi) is 5.05. The third-order valence-corrected chi connectivity index (χ3v) is 5.19. The number of hydrogen-bond acceptors (Lipinski definition) is 4. The molecule has 2 heterocycles. The van der Waals surface area contributed by atoms with Gasteiger partial charge in [0.05, 0.1) is 12.2 Å². The van der Waals surface area contributed by atoms with Gasteiger partial charge in [-0.1, -0.05) is 24.3 Å². The first-order valence-corrected chi connectivity index (χ1v) is 8.94. The molecular formula is C17H22N2O2S. The van der Waals surface area contributed by atoms with E-state index in [0.717, 1.165) is 11.3 Å². The van der Waals surface area contributed by atoms with Crippen molar-refractivity contribution in [3.05, 3.63) is 41.5 Å². The average molecular weight is 318 g/mol. The fourth-order valence-corrected chi connectivity index (χ4v) is 3.97. The van der Waals surface area contributed by atoms with Gasteiger partial charge in [-0.05, 0) is 47.5 Å². The lowest BCUT2D eigenvalue weighted by Gasteiger charge is -2.21. The molecule has 118 valence electrons. The van der Waals surface area contributed by atoms with E-state index in [2.05, 4.69) is 46.8 Å². The van der Waals surface area contributed by atoms with Crippen LogP contribution in [0.4, 0.5) is 0 Å². The molecule has 4 nitrogen and oxygen atoms in total. The average Bonchev–Trinajstić information content (AvgIpc) is 3.03. The Morgan fingerprint density at radius 1 is 1.32 bits per heavy atom. The molecule has 1 atom stereocenters. The van der Waals surface area contributed by atoms with E-state index in [1.807, 2.05) is 6.08 Å². The quantitative estimate of drug-likeness (QED) is 0.896. The molecule has 0 spiro atoms. The number of nitrogens with one attached hydrogen (secondary N) is 2. The molecule has 0 saturated carbocycles. The van der Waals surface area contributed by atoms with Crippen LogP contribution >= 0.6 is 11.8 Å². The maximum absolute atomic E-state index is 10.9. The van der Waals surface area contributed by atoms with Gasteiger partial charge in [-0.2, -0.15) is 11.8 Å². The maximum atomic E-state index is 10.9. The van der Waals surface area contributed by atoms with Gasteiger partial charge in [0.25, 0.3) is 0 Å². The van der Waals surface area contributed by atoms with Gasteiger partial charge in [0.15, 0.2) is 0 Å². The molecule has 0 aliphatic carbocycles. The summed E-state index contributed by atoms with van der Waals surface area (Å²) in [5.41, 5.74) is 6.49. The van der Waals surface area contributed by atoms with Crippen LogP contribution in [-0.2, 0) is 9.63 Å². The largest absolute Gasteiger partial charge is 0.353 e. The zero-order valence-corrected chi connectivity index (χ0v) is 13.6. The summed E-state index contributed by atoms with van der Waals surface area (Å²) in [4.78, 5) is 16.4. The molecule has 1 aromatic rings. The molecule has 2 aliphatic rings. The standard InChI is InChI=1S/C17H22N2O2S/c1-12(20)18-11-16-10-17(19-21-16)15-4-2-13(3-5-15)14-6-8-22-9-7-14/h2-5,10,14,16,19H,6-9,11H2,1H3,(H,18,20). The van der Waals surface area contributed by atoms with Crippen LogP contribution in [0.5, 0.6) is 0 Å². The Hall–Kier alpha value is -1.46. The van der Waals surface area contributed by atoms with Gasteiger partial charge in [0, 0.05) is 6.92 Å². The Morgan fingerprint density at radius 3 is 2.73 bits per heavy atom. The van der Waals surface area contributed by atoms with Gasteiger partial charge < -0.3 is 5.32 Å². The molecule has 3 rings (SSSR count). The van der Waals surface area contributed by atoms with Crippen LogP contribution in [0.15, 0.2) is 30.3 Å². The van der Waals surface area contributed by atoms with E-state index in [0.29, 0.717) is 12.5 Å². The minimum Gasteiger partial charge on any atom is -0.353 e. The van der Waals surface area contributed by atoms with Gasteiger partial charge in [0.1, 0.15) is 6.10 Å². The Bertz CT molecular complexity index is 550. The van der Waals surface area contributed by atoms with Gasteiger partial charge in [-0.15, -0.1) is 0 Å². The Labute approximate surface area is 135 Å². The molecule has 22 heavy (non-hydrogen) atoms. The van der Waals surface area contributed by atoms with Crippen molar-refractivity contribution < 1.29 is 9.63 Å². The summed E-state index contributed by atoms with van der Waals surface area (Å²) in [5, 5.41) is 2.76. The minimum absolute atomic E-state index is 0.0413. The number of thioether (sulfide) groups is 1. The van der Waals surface area contributed by atoms with Crippen LogP contribution in [0.2, 0.25) is 0 Å². The number of carbonyl (C=O) groups is 1. The van der Waals surface area contributed by atoms with Crippen molar-refractivity contribution in [3.8, 4) is 0 Å². The second kappa shape index (κ2) is 7.20. The minimum atomic E-state index is -0.117. The van der Waals surface area contributed by atoms with Crippen LogP contribution in [-0.4, -0.2) is 30.1 Å². The van der Waals surface area contributed by atoms with Gasteiger partial charge >= 0.3 is 0 Å². The lowest BCUT2D eigenvalue weighted by atomic mass is 9.92. The molecule has 2 aliphatic heterocycles. The second-order valence-corrected chi connectivity index (χ2v) is 7.01. The topological polar surface area (TPSA) is 50.4 Å². The van der Waals surface area contributed by atoms with Gasteiger partial charge in [0.2, 0.25) is 5.91 Å². The number of hydroxylamine groups is 1. The van der Waals surface area contributed by atoms with E-state index < -0.39 is 0 Å². The molecule has 1 saturated heterocycles. The van der Waals surface area contributed by atoms with Crippen molar-refractivity contribution >= 4 is 23.4 Å². The van der Waals surface area contributed by atoms with Crippen molar-refractivity contribution in [2.24, 2.45) is 0 Å². The zero-order chi connectivity index (χ0) is 15.4. The van der Waals surface area contributed by atoms with Crippen molar-refractivity contribution in [2.75, 3.05) is 18.1 Å². The third-order valence-electron chi connectivity index (χ3n) is 4.14. The van der Waals surface area contributed by atoms with E-state index in [1.54, 1.807) is 0 Å². The number of amides is 1. The monoisotopic (exact) mass is 318 g/mol. The van der Waals surface area contributed by atoms with Crippen LogP contribution in [0, 0.1) is 0 Å². The first-order valence-electron chi connectivity index (χ1n) is 7.78. The lowest BCUT2D eigenvalue weighted by Crippen LogP contribution is -2.30. The highest BCUT2D eigenvalue weighted by Gasteiger charge is 2.19. The fraction of sp³-hybridized carbons (Fsp3) is 0.471. The van der Waals surface area contributed by atoms with Crippen molar-refractivity contribution in [3.63, 3.8) is 0 Å². The first kappa shape index (κ1) is 15.4. The summed E-state index contributed by atoms with van der Waals surface area (Å²) in [6.07, 6.45) is 4.47. The van der Waals surface area contributed by atoms with Gasteiger partial charge in [-0.3, -0.25) is 15.1 Å². The predicted molar refractivity (Wildman–Crippen MR) is 90.4 cm³/mol. The van der Waals surface area contributed by atoms with Crippen molar-refractivity contribution in [1.82, 2.24) is 10.8 Å². The highest BCUT2D eigenvalue weighted by molar-refractivity contribution is 7.99. The molecule has 1 unspecified atom stereocenters. The lowest BCUT2D eigenvalue weighted by molar-refractivity contribution is -0.119. The number of rotatable bonds is 4. The normalized spacial score (nSPS) is 22.0. The summed E-state index contributed by atoms with van der Waals surface area (Å²) in [7, 11) is 0. The smallest absolute Gasteiger partial charge is 0.216 e. The SMILES string of the molecule is CC(=O)NCC1C=C(c2ccc(C3CCSCC3)cc2)NO1. The Balaban J connectivity index is 1.63. The molecule has 5 heteroatoms. The van der Waals surface area contributed by atoms with E-state index >= 15 is 0 Å². The second-order valence-electron chi connectivity index (χ2n) is 5.78. The summed E-state index contributed by atoms with van der Waals surface area (Å²) in [6.45, 7) is 2.00. The number of carbonyl (C=O) groups excluding carboxylic acids is 1. The Morgan fingerprint density at radius 2 is 2.05 bits per heavy atom. The molecule has 0 radical (unpaired) electrons. The highest BCUT2D eigenvalue weighted by atomic mass is 32.2. The van der Waals surface area contributed by atoms with Crippen LogP contribution in [0.3, 0.4) is 0 Å². The molecule has 2 N–H and O–H groups in total. The van der Waals surface area contributed by atoms with Crippen LogP contribution < -0.4 is 10.8 Å². The van der Waals surface area contributed by atoms with Gasteiger partial charge in [-0.25, -0.2) is 0 Å². The summed E-state index contributed by atoms with van der Waals surface area (Å²) < 4.78 is 0. The van der Waals surface area contributed by atoms with E-state index in [9.17, 15) is 4.79 Å². The number of benzene rings is 1. The third kappa shape index (κ3) is 3.84. The van der Waals surface area contributed by atoms with Crippen LogP contribution in [0.1, 0.15) is 36.8 Å². The van der Waals surface area contributed by atoms with E-state index in [1.165, 1.54) is 36.8 Å². The zero-order valence-electron chi connectivity index (χ0n) is 12.8. The first-order chi connectivity index (χ1) is 10.7. The summed E-state index contributed by atoms with van der Waals surface area (Å²) in [5.74, 6) is 3.22. The number of hydrogen-bond donors (Lipinski definition) is 2. The maximum Gasteiger partial charge on any atom is 0.216 e. The molecule has 1 amide bonds.